The van der Waals surface area contributed by atoms with E-state index in [2.05, 4.69) is 29.9 Å². The fourth-order valence-corrected chi connectivity index (χ4v) is 8.78. The number of aromatic amines is 1. The summed E-state index contributed by atoms with van der Waals surface area (Å²) in [4.78, 5) is 35.6. The van der Waals surface area contributed by atoms with E-state index in [0.717, 1.165) is 0 Å². The molecule has 4 fully saturated rings. The molecule has 238 valence electrons. The molecule has 0 radical (unpaired) electrons. The second-order valence-corrected chi connectivity index (χ2v) is 14.4. The van der Waals surface area contributed by atoms with Crippen LogP contribution in [0, 0.1) is 5.92 Å². The van der Waals surface area contributed by atoms with Crippen LogP contribution in [0.2, 0.25) is 0 Å². The molecule has 23 heteroatoms. The first-order chi connectivity index (χ1) is 21.5. The number of hydrogen-bond donors (Lipinski definition) is 4. The molecule has 0 amide bonds. The quantitative estimate of drug-likeness (QED) is 0.148. The minimum atomic E-state index is -3.97. The largest absolute Gasteiger partial charge is 0.387 e. The van der Waals surface area contributed by atoms with Crippen LogP contribution in [0.25, 0.3) is 22.3 Å². The molecular weight excluding hydrogens is 637 g/mol. The molecule has 3 aliphatic heterocycles. The van der Waals surface area contributed by atoms with Crippen molar-refractivity contribution in [2.24, 2.45) is 5.92 Å². The van der Waals surface area contributed by atoms with Gasteiger partial charge in [-0.2, -0.15) is 4.98 Å². The first kappa shape index (κ1) is 29.2. The first-order valence-electron chi connectivity index (χ1n) is 13.9. The highest BCUT2D eigenvalue weighted by atomic mass is 31.2. The zero-order chi connectivity index (χ0) is 31.2. The molecule has 4 aromatic rings. The standard InChI is InChI=1S/C22H27BN10O10P2/c23-45(37)39-4-22-2-1-8(19(41-22)32-6-28-10-15(24)26-5-27-16(10)32)14(22)42-44(36)38-3-9-12(34)13(43-45)20(40-9)33-7-29-11-17(33)30-21(25)31-18(11)35/h5-9,12-14,19-20,34,44H,1-4,23H2,(H2,24,26,27)(H3,25,30,31,35). The predicted molar refractivity (Wildman–Crippen MR) is 155 cm³/mol. The van der Waals surface area contributed by atoms with Gasteiger partial charge in [0.2, 0.25) is 5.95 Å². The van der Waals surface area contributed by atoms with E-state index in [9.17, 15) is 19.0 Å². The number of nitrogens with two attached hydrogens (primary N) is 2. The van der Waals surface area contributed by atoms with E-state index in [1.54, 1.807) is 4.57 Å². The third kappa shape index (κ3) is 4.65. The summed E-state index contributed by atoms with van der Waals surface area (Å²) in [6, 6.07) is 0. The molecule has 20 nitrogen and oxygen atoms in total. The van der Waals surface area contributed by atoms with Crippen molar-refractivity contribution in [1.29, 1.82) is 0 Å². The summed E-state index contributed by atoms with van der Waals surface area (Å²) in [5.74, 6) is -0.301. The molecule has 10 atom stereocenters. The number of anilines is 2. The number of aromatic nitrogens is 8. The van der Waals surface area contributed by atoms with E-state index >= 15 is 0 Å². The zero-order valence-corrected chi connectivity index (χ0v) is 25.4. The average molecular weight is 664 g/mol. The van der Waals surface area contributed by atoms with Gasteiger partial charge in [0.15, 0.2) is 28.9 Å². The van der Waals surface area contributed by atoms with Crippen molar-refractivity contribution >= 4 is 57.4 Å². The monoisotopic (exact) mass is 664 g/mol. The fraction of sp³-hybridized carbons (Fsp3) is 0.545. The van der Waals surface area contributed by atoms with Gasteiger partial charge in [0, 0.05) is 5.92 Å². The van der Waals surface area contributed by atoms with Crippen LogP contribution in [0.5, 0.6) is 0 Å². The predicted octanol–water partition coefficient (Wildman–Crippen LogP) is -0.992. The van der Waals surface area contributed by atoms with E-state index in [0.29, 0.717) is 24.0 Å². The van der Waals surface area contributed by atoms with Crippen LogP contribution in [0.1, 0.15) is 25.3 Å². The van der Waals surface area contributed by atoms with Gasteiger partial charge in [-0.25, -0.2) is 19.9 Å². The molecule has 8 rings (SSSR count). The lowest BCUT2D eigenvalue weighted by molar-refractivity contribution is -0.134. The summed E-state index contributed by atoms with van der Waals surface area (Å²) in [6.07, 6.45) is -1.38. The second kappa shape index (κ2) is 10.4. The Balaban J connectivity index is 1.12. The Labute approximate surface area is 253 Å². The lowest BCUT2D eigenvalue weighted by Crippen LogP contribution is -2.42. The van der Waals surface area contributed by atoms with Crippen molar-refractivity contribution in [2.45, 2.75) is 55.3 Å². The molecule has 1 saturated carbocycles. The van der Waals surface area contributed by atoms with Crippen LogP contribution in [0.15, 0.2) is 23.8 Å². The molecular formula is C22H27BN10O10P2. The normalized spacial score (nSPS) is 38.6. The van der Waals surface area contributed by atoms with Gasteiger partial charge in [-0.15, -0.1) is 0 Å². The van der Waals surface area contributed by atoms with Crippen molar-refractivity contribution in [1.82, 2.24) is 39.0 Å². The maximum atomic E-state index is 13.9. The molecule has 0 aromatic carbocycles. The Morgan fingerprint density at radius 3 is 2.73 bits per heavy atom. The Kier molecular flexibility index (Phi) is 6.73. The number of imidazole rings is 2. The highest BCUT2D eigenvalue weighted by molar-refractivity contribution is 7.79. The number of nitrogens with one attached hydrogen (secondary N) is 1. The number of aliphatic hydroxyl groups excluding tert-OH is 1. The summed E-state index contributed by atoms with van der Waals surface area (Å²) >= 11 is 0. The Morgan fingerprint density at radius 2 is 1.91 bits per heavy atom. The molecule has 45 heavy (non-hydrogen) atoms. The van der Waals surface area contributed by atoms with Gasteiger partial charge in [0.05, 0.1) is 25.9 Å². The number of aliphatic hydroxyl groups is 1. The molecule has 4 bridgehead atoms. The molecule has 4 aromatic heterocycles. The second-order valence-electron chi connectivity index (χ2n) is 11.4. The summed E-state index contributed by atoms with van der Waals surface area (Å²) in [5.41, 5.74) is 10.8. The van der Waals surface area contributed by atoms with E-state index in [1.165, 1.54) is 31.1 Å². The van der Waals surface area contributed by atoms with Gasteiger partial charge < -0.3 is 44.1 Å². The minimum absolute atomic E-state index is 0.0386. The van der Waals surface area contributed by atoms with Crippen LogP contribution < -0.4 is 17.0 Å². The fourth-order valence-electron chi connectivity index (χ4n) is 6.63. The average Bonchev–Trinajstić information content (AvgIpc) is 3.80. The number of fused-ring (bicyclic) bond motifs is 4. The highest BCUT2D eigenvalue weighted by Gasteiger charge is 2.63. The summed E-state index contributed by atoms with van der Waals surface area (Å²) in [6.45, 7) is -0.638. The first-order valence-corrected chi connectivity index (χ1v) is 17.2. The van der Waals surface area contributed by atoms with Crippen molar-refractivity contribution in [2.75, 3.05) is 24.7 Å². The van der Waals surface area contributed by atoms with Gasteiger partial charge in [-0.05, 0) is 12.8 Å². The van der Waals surface area contributed by atoms with E-state index in [-0.39, 0.29) is 42.1 Å². The molecule has 7 heterocycles. The highest BCUT2D eigenvalue weighted by Crippen LogP contribution is 2.59. The summed E-state index contributed by atoms with van der Waals surface area (Å²) < 4.78 is 66.2. The van der Waals surface area contributed by atoms with Crippen molar-refractivity contribution < 1.29 is 41.8 Å². The lowest BCUT2D eigenvalue weighted by Gasteiger charge is -2.33. The Morgan fingerprint density at radius 1 is 1.13 bits per heavy atom. The number of ether oxygens (including phenoxy) is 2. The van der Waals surface area contributed by atoms with Gasteiger partial charge in [-0.1, -0.05) is 0 Å². The van der Waals surface area contributed by atoms with E-state index in [4.69, 9.17) is 39.0 Å². The van der Waals surface area contributed by atoms with Crippen LogP contribution in [0.4, 0.5) is 11.8 Å². The van der Waals surface area contributed by atoms with Crippen LogP contribution in [0.3, 0.4) is 0 Å². The smallest absolute Gasteiger partial charge is 0.319 e. The molecule has 1 aliphatic carbocycles. The maximum absolute atomic E-state index is 13.9. The van der Waals surface area contributed by atoms with Crippen molar-refractivity contribution in [3.05, 3.63) is 29.3 Å². The van der Waals surface area contributed by atoms with Crippen LogP contribution in [-0.4, -0.2) is 94.9 Å². The summed E-state index contributed by atoms with van der Waals surface area (Å²) in [7, 11) is -5.91. The number of nitrogen functional groups attached to an aromatic ring is 2. The van der Waals surface area contributed by atoms with Gasteiger partial charge >= 0.3 is 8.25 Å². The topological polar surface area (TPSA) is 269 Å². The van der Waals surface area contributed by atoms with Crippen LogP contribution >= 0.6 is 15.7 Å². The van der Waals surface area contributed by atoms with Gasteiger partial charge in [0.25, 0.3) is 20.6 Å². The number of H-pyrrole nitrogens is 1. The molecule has 6 N–H and O–H groups in total. The number of nitrogens with zero attached hydrogens (tertiary/aromatic N) is 7. The van der Waals surface area contributed by atoms with Crippen LogP contribution in [-0.2, 0) is 36.7 Å². The number of hydrogen-bond acceptors (Lipinski definition) is 17. The third-order valence-electron chi connectivity index (χ3n) is 8.67. The van der Waals surface area contributed by atoms with E-state index in [1.807, 2.05) is 0 Å². The Bertz CT molecular complexity index is 1960. The van der Waals surface area contributed by atoms with E-state index < -0.39 is 63.8 Å². The molecule has 10 unspecified atom stereocenters. The third-order valence-corrected chi connectivity index (χ3v) is 10.7. The molecule has 4 aliphatic rings. The lowest BCUT2D eigenvalue weighted by atomic mass is 10.0. The SMILES string of the molecule is BP1(=O)OCC23CCC(C(n4cnc5c(N)ncnc54)O2)C3O[PH](=O)OCC2OC(n3cnc4c(=O)[nH]c(N)nc43)C(O1)C2O. The van der Waals surface area contributed by atoms with Gasteiger partial charge in [0.1, 0.15) is 48.1 Å². The van der Waals surface area contributed by atoms with Crippen molar-refractivity contribution in [3.63, 3.8) is 0 Å². The minimum Gasteiger partial charge on any atom is -0.387 e. The van der Waals surface area contributed by atoms with Gasteiger partial charge in [-0.3, -0.25) is 28.0 Å². The van der Waals surface area contributed by atoms with Crippen molar-refractivity contribution in [3.8, 4) is 0 Å². The molecule has 3 saturated heterocycles. The maximum Gasteiger partial charge on any atom is 0.319 e. The number of rotatable bonds is 2. The molecule has 0 spiro atoms. The zero-order valence-electron chi connectivity index (χ0n) is 23.5. The summed E-state index contributed by atoms with van der Waals surface area (Å²) in [5, 5.41) is 11.2. The Hall–Kier alpha value is -3.26.